The standard InChI is InChI=1S/C18H16FN3O/c19-16-6-8-17(9-7-16)22-18(23)15(12-20)13-21-11-10-14-4-2-1-3-5-14/h1-9,13,21H,10-11H2,(H,22,23)/b15-13-. The Bertz CT molecular complexity index is 718. The van der Waals surface area contributed by atoms with Gasteiger partial charge in [0.1, 0.15) is 17.5 Å². The van der Waals surface area contributed by atoms with Crippen LogP contribution in [0.1, 0.15) is 5.56 Å². The molecule has 0 spiro atoms. The first kappa shape index (κ1) is 16.2. The van der Waals surface area contributed by atoms with E-state index in [-0.39, 0.29) is 11.4 Å². The van der Waals surface area contributed by atoms with Crippen molar-refractivity contribution in [2.75, 3.05) is 11.9 Å². The first-order chi connectivity index (χ1) is 11.2. The lowest BCUT2D eigenvalue weighted by atomic mass is 10.1. The fraction of sp³-hybridized carbons (Fsp3) is 0.111. The molecule has 0 fully saturated rings. The number of hydrogen-bond donors (Lipinski definition) is 2. The second kappa shape index (κ2) is 8.35. The first-order valence-electron chi connectivity index (χ1n) is 7.13. The smallest absolute Gasteiger partial charge is 0.267 e. The summed E-state index contributed by atoms with van der Waals surface area (Å²) in [5.74, 6) is -0.923. The Balaban J connectivity index is 1.86. The van der Waals surface area contributed by atoms with Crippen molar-refractivity contribution < 1.29 is 9.18 Å². The quantitative estimate of drug-likeness (QED) is 0.490. The average molecular weight is 309 g/mol. The zero-order valence-electron chi connectivity index (χ0n) is 12.4. The van der Waals surface area contributed by atoms with Crippen molar-refractivity contribution in [2.45, 2.75) is 6.42 Å². The van der Waals surface area contributed by atoms with Crippen LogP contribution in [-0.2, 0) is 11.2 Å². The van der Waals surface area contributed by atoms with Crippen LogP contribution in [0.4, 0.5) is 10.1 Å². The molecule has 1 amide bonds. The molecule has 116 valence electrons. The SMILES string of the molecule is N#C/C(=C/NCCc1ccccc1)C(=O)Nc1ccc(F)cc1. The van der Waals surface area contributed by atoms with Gasteiger partial charge in [-0.3, -0.25) is 4.79 Å². The van der Waals surface area contributed by atoms with Crippen LogP contribution in [0.25, 0.3) is 0 Å². The Hall–Kier alpha value is -3.13. The lowest BCUT2D eigenvalue weighted by Crippen LogP contribution is -2.18. The first-order valence-corrected chi connectivity index (χ1v) is 7.13. The number of nitrogens with one attached hydrogen (secondary N) is 2. The third-order valence-electron chi connectivity index (χ3n) is 3.11. The molecule has 23 heavy (non-hydrogen) atoms. The summed E-state index contributed by atoms with van der Waals surface area (Å²) in [6.45, 7) is 0.610. The predicted molar refractivity (Wildman–Crippen MR) is 86.9 cm³/mol. The molecule has 0 bridgehead atoms. The van der Waals surface area contributed by atoms with Gasteiger partial charge in [-0.05, 0) is 36.2 Å². The molecule has 0 saturated carbocycles. The molecular formula is C18H16FN3O. The number of halogens is 1. The number of carbonyl (C=O) groups is 1. The Morgan fingerprint density at radius 2 is 1.83 bits per heavy atom. The van der Waals surface area contributed by atoms with Crippen LogP contribution in [0.2, 0.25) is 0 Å². The van der Waals surface area contributed by atoms with E-state index in [1.807, 2.05) is 36.4 Å². The minimum Gasteiger partial charge on any atom is -0.389 e. The molecule has 0 aliphatic rings. The molecule has 0 atom stereocenters. The largest absolute Gasteiger partial charge is 0.389 e. The number of amides is 1. The fourth-order valence-corrected chi connectivity index (χ4v) is 1.92. The summed E-state index contributed by atoms with van der Waals surface area (Å²) in [6.07, 6.45) is 2.18. The van der Waals surface area contributed by atoms with Crippen LogP contribution in [0.3, 0.4) is 0 Å². The molecule has 0 aromatic heterocycles. The maximum Gasteiger partial charge on any atom is 0.267 e. The normalized spacial score (nSPS) is 10.7. The highest BCUT2D eigenvalue weighted by Gasteiger charge is 2.08. The van der Waals surface area contributed by atoms with Crippen molar-refractivity contribution in [3.63, 3.8) is 0 Å². The Morgan fingerprint density at radius 1 is 1.13 bits per heavy atom. The lowest BCUT2D eigenvalue weighted by Gasteiger charge is -2.05. The second-order valence-corrected chi connectivity index (χ2v) is 4.82. The summed E-state index contributed by atoms with van der Waals surface area (Å²) in [4.78, 5) is 12.0. The zero-order chi connectivity index (χ0) is 16.5. The van der Waals surface area contributed by atoms with Crippen molar-refractivity contribution in [3.8, 4) is 6.07 Å². The fourth-order valence-electron chi connectivity index (χ4n) is 1.92. The highest BCUT2D eigenvalue weighted by Crippen LogP contribution is 2.09. The van der Waals surface area contributed by atoms with E-state index >= 15 is 0 Å². The van der Waals surface area contributed by atoms with Crippen LogP contribution >= 0.6 is 0 Å². The summed E-state index contributed by atoms with van der Waals surface area (Å²) in [5, 5.41) is 14.6. The van der Waals surface area contributed by atoms with Crippen LogP contribution in [0, 0.1) is 17.1 Å². The van der Waals surface area contributed by atoms with Crippen molar-refractivity contribution in [2.24, 2.45) is 0 Å². The molecule has 2 aromatic carbocycles. The minimum atomic E-state index is -0.536. The number of nitriles is 1. The molecule has 0 saturated heterocycles. The minimum absolute atomic E-state index is 0.0395. The van der Waals surface area contributed by atoms with Gasteiger partial charge >= 0.3 is 0 Å². The summed E-state index contributed by atoms with van der Waals surface area (Å²) < 4.78 is 12.8. The number of hydrogen-bond acceptors (Lipinski definition) is 3. The molecule has 2 N–H and O–H groups in total. The molecule has 2 aromatic rings. The molecule has 0 unspecified atom stereocenters. The van der Waals surface area contributed by atoms with Gasteiger partial charge in [0.15, 0.2) is 0 Å². The number of benzene rings is 2. The number of nitrogens with zero attached hydrogens (tertiary/aromatic N) is 1. The molecule has 5 heteroatoms. The topological polar surface area (TPSA) is 64.9 Å². The summed E-state index contributed by atoms with van der Waals surface area (Å²) >= 11 is 0. The van der Waals surface area contributed by atoms with Gasteiger partial charge in [-0.2, -0.15) is 5.26 Å². The summed E-state index contributed by atoms with van der Waals surface area (Å²) in [6, 6.07) is 17.1. The highest BCUT2D eigenvalue weighted by atomic mass is 19.1. The van der Waals surface area contributed by atoms with E-state index in [1.54, 1.807) is 0 Å². The third kappa shape index (κ3) is 5.29. The number of anilines is 1. The zero-order valence-corrected chi connectivity index (χ0v) is 12.4. The summed E-state index contributed by atoms with van der Waals surface area (Å²) in [5.41, 5.74) is 1.56. The van der Waals surface area contributed by atoms with E-state index in [1.165, 1.54) is 36.0 Å². The van der Waals surface area contributed by atoms with Crippen molar-refractivity contribution in [3.05, 3.63) is 77.8 Å². The molecule has 0 radical (unpaired) electrons. The van der Waals surface area contributed by atoms with Gasteiger partial charge in [0, 0.05) is 18.4 Å². The van der Waals surface area contributed by atoms with Crippen LogP contribution < -0.4 is 10.6 Å². The predicted octanol–water partition coefficient (Wildman–Crippen LogP) is 3.00. The van der Waals surface area contributed by atoms with Crippen LogP contribution in [0.15, 0.2) is 66.4 Å². The average Bonchev–Trinajstić information content (AvgIpc) is 2.58. The third-order valence-corrected chi connectivity index (χ3v) is 3.11. The maximum atomic E-state index is 12.8. The Labute approximate surface area is 134 Å². The van der Waals surface area contributed by atoms with Crippen molar-refractivity contribution >= 4 is 11.6 Å². The van der Waals surface area contributed by atoms with Gasteiger partial charge < -0.3 is 10.6 Å². The van der Waals surface area contributed by atoms with Crippen LogP contribution in [0.5, 0.6) is 0 Å². The van der Waals surface area contributed by atoms with Gasteiger partial charge in [-0.15, -0.1) is 0 Å². The lowest BCUT2D eigenvalue weighted by molar-refractivity contribution is -0.112. The number of rotatable bonds is 6. The van der Waals surface area contributed by atoms with Crippen molar-refractivity contribution in [1.82, 2.24) is 5.32 Å². The summed E-state index contributed by atoms with van der Waals surface area (Å²) in [7, 11) is 0. The van der Waals surface area contributed by atoms with Gasteiger partial charge in [0.25, 0.3) is 5.91 Å². The Morgan fingerprint density at radius 3 is 2.48 bits per heavy atom. The van der Waals surface area contributed by atoms with Crippen LogP contribution in [-0.4, -0.2) is 12.5 Å². The Kier molecular flexibility index (Phi) is 5.89. The monoisotopic (exact) mass is 309 g/mol. The molecular weight excluding hydrogens is 293 g/mol. The maximum absolute atomic E-state index is 12.8. The van der Waals surface area contributed by atoms with E-state index in [0.29, 0.717) is 12.2 Å². The van der Waals surface area contributed by atoms with E-state index < -0.39 is 5.91 Å². The van der Waals surface area contributed by atoms with E-state index in [4.69, 9.17) is 5.26 Å². The van der Waals surface area contributed by atoms with Gasteiger partial charge in [-0.1, -0.05) is 30.3 Å². The number of carbonyl (C=O) groups excluding carboxylic acids is 1. The molecule has 0 aliphatic carbocycles. The van der Waals surface area contributed by atoms with E-state index in [0.717, 1.165) is 6.42 Å². The van der Waals surface area contributed by atoms with Gasteiger partial charge in [0.2, 0.25) is 0 Å². The molecule has 4 nitrogen and oxygen atoms in total. The highest BCUT2D eigenvalue weighted by molar-refractivity contribution is 6.06. The van der Waals surface area contributed by atoms with Crippen molar-refractivity contribution in [1.29, 1.82) is 5.26 Å². The molecule has 0 heterocycles. The van der Waals surface area contributed by atoms with Gasteiger partial charge in [0.05, 0.1) is 0 Å². The van der Waals surface area contributed by atoms with E-state index in [2.05, 4.69) is 10.6 Å². The molecule has 2 rings (SSSR count). The molecule has 0 aliphatic heterocycles. The second-order valence-electron chi connectivity index (χ2n) is 4.82. The van der Waals surface area contributed by atoms with Gasteiger partial charge in [-0.25, -0.2) is 4.39 Å². The van der Waals surface area contributed by atoms with E-state index in [9.17, 15) is 9.18 Å².